The molecule has 1 fully saturated rings. The molecule has 2 heterocycles. The van der Waals surface area contributed by atoms with Crippen LogP contribution in [0.15, 0.2) is 54.7 Å². The maximum atomic E-state index is 12.3. The summed E-state index contributed by atoms with van der Waals surface area (Å²) in [5.74, 6) is 0.127. The van der Waals surface area contributed by atoms with Gasteiger partial charge in [0.2, 0.25) is 5.91 Å². The van der Waals surface area contributed by atoms with E-state index in [9.17, 15) is 4.79 Å². The normalized spacial score (nSPS) is 17.3. The van der Waals surface area contributed by atoms with Gasteiger partial charge in [-0.3, -0.25) is 9.69 Å². The molecule has 0 saturated carbocycles. The van der Waals surface area contributed by atoms with Gasteiger partial charge < -0.3 is 5.32 Å². The summed E-state index contributed by atoms with van der Waals surface area (Å²) in [6.07, 6.45) is 2.93. The van der Waals surface area contributed by atoms with E-state index in [1.165, 1.54) is 11.1 Å². The average Bonchev–Trinajstić information content (AvgIpc) is 3.14. The van der Waals surface area contributed by atoms with Crippen LogP contribution < -0.4 is 5.32 Å². The van der Waals surface area contributed by atoms with Crippen molar-refractivity contribution in [2.75, 3.05) is 13.1 Å². The van der Waals surface area contributed by atoms with Gasteiger partial charge in [0.05, 0.1) is 17.4 Å². The second-order valence-corrected chi connectivity index (χ2v) is 7.79. The maximum Gasteiger partial charge on any atom is 0.237 e. The highest BCUT2D eigenvalue weighted by Crippen LogP contribution is 2.27. The van der Waals surface area contributed by atoms with Crippen LogP contribution in [0, 0.1) is 13.8 Å². The first-order valence-corrected chi connectivity index (χ1v) is 10.3. The Morgan fingerprint density at radius 2 is 1.93 bits per heavy atom. The van der Waals surface area contributed by atoms with Gasteiger partial charge in [-0.15, -0.1) is 0 Å². The maximum absolute atomic E-state index is 12.3. The standard InChI is InChI=1S/C24H28N4O/c1-4-21-24(29)25-12-13-27(21)15-20-16-28(22-14-17(2)10-11-18(22)3)26-23(20)19-8-6-5-7-9-19/h5-11,14,16,21H,4,12-13,15H2,1-3H3,(H,25,29)/t21-/m0/s1. The number of benzene rings is 2. The fourth-order valence-electron chi connectivity index (χ4n) is 4.07. The Morgan fingerprint density at radius 3 is 2.69 bits per heavy atom. The molecule has 4 rings (SSSR count). The summed E-state index contributed by atoms with van der Waals surface area (Å²) in [4.78, 5) is 14.6. The third-order valence-corrected chi connectivity index (χ3v) is 5.65. The van der Waals surface area contributed by atoms with Gasteiger partial charge in [0.25, 0.3) is 0 Å². The van der Waals surface area contributed by atoms with Gasteiger partial charge in [-0.05, 0) is 37.5 Å². The largest absolute Gasteiger partial charge is 0.353 e. The summed E-state index contributed by atoms with van der Waals surface area (Å²) >= 11 is 0. The molecule has 1 atom stereocenters. The summed E-state index contributed by atoms with van der Waals surface area (Å²) in [5.41, 5.74) is 6.71. The number of nitrogens with zero attached hydrogens (tertiary/aromatic N) is 3. The molecule has 1 amide bonds. The summed E-state index contributed by atoms with van der Waals surface area (Å²) in [6.45, 7) is 8.54. The molecule has 0 radical (unpaired) electrons. The molecule has 5 heteroatoms. The van der Waals surface area contributed by atoms with Crippen molar-refractivity contribution in [3.8, 4) is 16.9 Å². The van der Waals surface area contributed by atoms with Crippen molar-refractivity contribution in [2.45, 2.75) is 39.8 Å². The summed E-state index contributed by atoms with van der Waals surface area (Å²) in [7, 11) is 0. The number of hydrogen-bond donors (Lipinski definition) is 1. The molecule has 29 heavy (non-hydrogen) atoms. The second-order valence-electron chi connectivity index (χ2n) is 7.79. The minimum absolute atomic E-state index is 0.0866. The van der Waals surface area contributed by atoms with Crippen molar-refractivity contribution in [1.82, 2.24) is 20.0 Å². The number of nitrogens with one attached hydrogen (secondary N) is 1. The number of aryl methyl sites for hydroxylation is 2. The van der Waals surface area contributed by atoms with Crippen LogP contribution in [-0.4, -0.2) is 39.7 Å². The van der Waals surface area contributed by atoms with Crippen molar-refractivity contribution in [1.29, 1.82) is 0 Å². The summed E-state index contributed by atoms with van der Waals surface area (Å²) in [5, 5.41) is 7.97. The molecule has 5 nitrogen and oxygen atoms in total. The van der Waals surface area contributed by atoms with E-state index in [1.54, 1.807) is 0 Å². The number of piperazine rings is 1. The number of carbonyl (C=O) groups is 1. The quantitative estimate of drug-likeness (QED) is 0.722. The minimum atomic E-state index is -0.0866. The molecular weight excluding hydrogens is 360 g/mol. The molecular formula is C24H28N4O. The van der Waals surface area contributed by atoms with Gasteiger partial charge in [-0.2, -0.15) is 5.10 Å². The van der Waals surface area contributed by atoms with Gasteiger partial charge in [0.15, 0.2) is 0 Å². The van der Waals surface area contributed by atoms with Crippen LogP contribution in [0.3, 0.4) is 0 Å². The second kappa shape index (κ2) is 8.21. The number of carbonyl (C=O) groups excluding carboxylic acids is 1. The zero-order valence-electron chi connectivity index (χ0n) is 17.4. The smallest absolute Gasteiger partial charge is 0.237 e. The molecule has 0 spiro atoms. The first-order valence-electron chi connectivity index (χ1n) is 10.3. The average molecular weight is 389 g/mol. The Bertz CT molecular complexity index is 1010. The van der Waals surface area contributed by atoms with Gasteiger partial charge in [0.1, 0.15) is 0 Å². The minimum Gasteiger partial charge on any atom is -0.353 e. The zero-order valence-corrected chi connectivity index (χ0v) is 17.4. The number of rotatable bonds is 5. The van der Waals surface area contributed by atoms with Crippen molar-refractivity contribution in [3.63, 3.8) is 0 Å². The topological polar surface area (TPSA) is 50.2 Å². The number of amides is 1. The van der Waals surface area contributed by atoms with E-state index in [4.69, 9.17) is 5.10 Å². The van der Waals surface area contributed by atoms with Crippen LogP contribution in [0.25, 0.3) is 16.9 Å². The van der Waals surface area contributed by atoms with Crippen LogP contribution in [0.5, 0.6) is 0 Å². The van der Waals surface area contributed by atoms with Crippen LogP contribution >= 0.6 is 0 Å². The predicted molar refractivity (Wildman–Crippen MR) is 116 cm³/mol. The van der Waals surface area contributed by atoms with E-state index >= 15 is 0 Å². The highest BCUT2D eigenvalue weighted by Gasteiger charge is 2.29. The Hall–Kier alpha value is -2.92. The highest BCUT2D eigenvalue weighted by molar-refractivity contribution is 5.82. The van der Waals surface area contributed by atoms with Gasteiger partial charge >= 0.3 is 0 Å². The van der Waals surface area contributed by atoms with Crippen molar-refractivity contribution in [2.24, 2.45) is 0 Å². The van der Waals surface area contributed by atoms with Crippen molar-refractivity contribution < 1.29 is 4.79 Å². The molecule has 1 N–H and O–H groups in total. The van der Waals surface area contributed by atoms with Crippen LogP contribution in [0.2, 0.25) is 0 Å². The highest BCUT2D eigenvalue weighted by atomic mass is 16.2. The lowest BCUT2D eigenvalue weighted by molar-refractivity contribution is -0.129. The van der Waals surface area contributed by atoms with Gasteiger partial charge in [-0.1, -0.05) is 49.4 Å². The Morgan fingerprint density at radius 1 is 1.14 bits per heavy atom. The van der Waals surface area contributed by atoms with E-state index in [-0.39, 0.29) is 11.9 Å². The molecule has 0 unspecified atom stereocenters. The molecule has 0 aliphatic carbocycles. The first kappa shape index (κ1) is 19.4. The predicted octanol–water partition coefficient (Wildman–Crippen LogP) is 3.87. The van der Waals surface area contributed by atoms with E-state index in [1.807, 2.05) is 22.9 Å². The zero-order chi connectivity index (χ0) is 20.4. The molecule has 3 aromatic rings. The molecule has 1 aliphatic heterocycles. The molecule has 150 valence electrons. The Kier molecular flexibility index (Phi) is 5.49. The van der Waals surface area contributed by atoms with Gasteiger partial charge in [-0.25, -0.2) is 4.68 Å². The van der Waals surface area contributed by atoms with E-state index in [0.29, 0.717) is 13.1 Å². The summed E-state index contributed by atoms with van der Waals surface area (Å²) < 4.78 is 1.99. The monoisotopic (exact) mass is 388 g/mol. The van der Waals surface area contributed by atoms with Crippen LogP contribution in [0.1, 0.15) is 30.0 Å². The number of aromatic nitrogens is 2. The third kappa shape index (κ3) is 3.96. The molecule has 1 aliphatic rings. The number of hydrogen-bond acceptors (Lipinski definition) is 3. The SMILES string of the molecule is CC[C@H]1C(=O)NCCN1Cc1cn(-c2cc(C)ccc2C)nc1-c1ccccc1. The molecule has 1 saturated heterocycles. The lowest BCUT2D eigenvalue weighted by atomic mass is 10.1. The fourth-order valence-corrected chi connectivity index (χ4v) is 4.07. The van der Waals surface area contributed by atoms with E-state index in [0.717, 1.165) is 35.5 Å². The summed E-state index contributed by atoms with van der Waals surface area (Å²) in [6, 6.07) is 16.6. The Labute approximate surface area is 172 Å². The van der Waals surface area contributed by atoms with Crippen LogP contribution in [0.4, 0.5) is 0 Å². The molecule has 0 bridgehead atoms. The van der Waals surface area contributed by atoms with Gasteiger partial charge in [0, 0.05) is 37.0 Å². The molecule has 2 aromatic carbocycles. The first-order chi connectivity index (χ1) is 14.1. The van der Waals surface area contributed by atoms with Crippen LogP contribution in [-0.2, 0) is 11.3 Å². The lowest BCUT2D eigenvalue weighted by Gasteiger charge is -2.34. The van der Waals surface area contributed by atoms with E-state index < -0.39 is 0 Å². The third-order valence-electron chi connectivity index (χ3n) is 5.65. The Balaban J connectivity index is 1.76. The van der Waals surface area contributed by atoms with E-state index in [2.05, 4.69) is 67.5 Å². The fraction of sp³-hybridized carbons (Fsp3) is 0.333. The molecule has 1 aromatic heterocycles. The van der Waals surface area contributed by atoms with Crippen molar-refractivity contribution >= 4 is 5.91 Å². The lowest BCUT2D eigenvalue weighted by Crippen LogP contribution is -2.54. The van der Waals surface area contributed by atoms with Crippen molar-refractivity contribution in [3.05, 3.63) is 71.4 Å².